The van der Waals surface area contributed by atoms with Crippen molar-refractivity contribution in [2.75, 3.05) is 32.8 Å². The third kappa shape index (κ3) is 4.89. The van der Waals surface area contributed by atoms with Crippen molar-refractivity contribution in [2.24, 2.45) is 0 Å². The first-order valence-corrected chi connectivity index (χ1v) is 12.1. The van der Waals surface area contributed by atoms with Gasteiger partial charge in [0.05, 0.1) is 23.7 Å². The topological polar surface area (TPSA) is 109 Å². The number of amides is 1. The fourth-order valence-corrected chi connectivity index (χ4v) is 5.52. The molecule has 4 rings (SSSR count). The molecule has 1 fully saturated rings. The molecule has 0 saturated carbocycles. The summed E-state index contributed by atoms with van der Waals surface area (Å²) in [6.45, 7) is 1.75. The molecule has 0 spiro atoms. The first-order chi connectivity index (χ1) is 14.9. The van der Waals surface area contributed by atoms with Gasteiger partial charge in [0.1, 0.15) is 0 Å². The van der Waals surface area contributed by atoms with Crippen LogP contribution >= 0.6 is 0 Å². The Morgan fingerprint density at radius 1 is 1.16 bits per heavy atom. The van der Waals surface area contributed by atoms with Gasteiger partial charge in [-0.15, -0.1) is 0 Å². The lowest BCUT2D eigenvalue weighted by molar-refractivity contribution is 0.0730. The third-order valence-corrected chi connectivity index (χ3v) is 7.68. The van der Waals surface area contributed by atoms with E-state index in [1.165, 1.54) is 47.0 Å². The average Bonchev–Trinajstić information content (AvgIpc) is 2.79. The number of hydrogen-bond donors (Lipinski definition) is 2. The Kier molecular flexibility index (Phi) is 6.54. The van der Waals surface area contributed by atoms with Crippen molar-refractivity contribution >= 4 is 26.8 Å². The largest absolute Gasteiger partial charge is 0.379 e. The molecule has 0 radical (unpaired) electrons. The molecule has 2 N–H and O–H groups in total. The maximum Gasteiger partial charge on any atom is 0.252 e. The SMILES string of the molecule is O=C(NCCC1=CCCCC1)c1cc(=O)[nH]c2ccc(S(=O)(=O)N3CCOCC3)cc12. The van der Waals surface area contributed by atoms with Crippen LogP contribution in [0.4, 0.5) is 0 Å². The van der Waals surface area contributed by atoms with E-state index in [4.69, 9.17) is 4.74 Å². The zero-order chi connectivity index (χ0) is 21.8. The molecule has 2 heterocycles. The summed E-state index contributed by atoms with van der Waals surface area (Å²) in [5.74, 6) is -0.381. The molecule has 1 aromatic carbocycles. The summed E-state index contributed by atoms with van der Waals surface area (Å²) in [5.41, 5.74) is 1.54. The van der Waals surface area contributed by atoms with Crippen molar-refractivity contribution < 1.29 is 17.9 Å². The Hall–Kier alpha value is -2.49. The number of sulfonamides is 1. The highest BCUT2D eigenvalue weighted by Gasteiger charge is 2.27. The first kappa shape index (κ1) is 21.7. The minimum Gasteiger partial charge on any atom is -0.379 e. The number of H-pyrrole nitrogens is 1. The van der Waals surface area contributed by atoms with Gasteiger partial charge in [-0.25, -0.2) is 8.42 Å². The van der Waals surface area contributed by atoms with Crippen LogP contribution < -0.4 is 10.9 Å². The Balaban J connectivity index is 1.60. The van der Waals surface area contributed by atoms with Gasteiger partial charge in [-0.1, -0.05) is 11.6 Å². The fraction of sp³-hybridized carbons (Fsp3) is 0.455. The van der Waals surface area contributed by atoms with E-state index in [0.29, 0.717) is 30.7 Å². The average molecular weight is 446 g/mol. The number of aromatic amines is 1. The molecule has 1 aliphatic heterocycles. The zero-order valence-electron chi connectivity index (χ0n) is 17.4. The molecule has 1 saturated heterocycles. The molecule has 0 atom stereocenters. The van der Waals surface area contributed by atoms with Gasteiger partial charge >= 0.3 is 0 Å². The number of fused-ring (bicyclic) bond motifs is 1. The molecule has 0 unspecified atom stereocenters. The molecule has 31 heavy (non-hydrogen) atoms. The highest BCUT2D eigenvalue weighted by molar-refractivity contribution is 7.89. The number of nitrogens with one attached hydrogen (secondary N) is 2. The van der Waals surface area contributed by atoms with Gasteiger partial charge in [0.15, 0.2) is 0 Å². The number of carbonyl (C=O) groups excluding carboxylic acids is 1. The number of aromatic nitrogens is 1. The maximum absolute atomic E-state index is 13.0. The zero-order valence-corrected chi connectivity index (χ0v) is 18.2. The van der Waals surface area contributed by atoms with Crippen LogP contribution in [0.1, 0.15) is 42.5 Å². The lowest BCUT2D eigenvalue weighted by atomic mass is 9.97. The second kappa shape index (κ2) is 9.33. The van der Waals surface area contributed by atoms with Crippen molar-refractivity contribution in [3.8, 4) is 0 Å². The Bertz CT molecular complexity index is 1160. The number of morpholine rings is 1. The van der Waals surface area contributed by atoms with E-state index in [2.05, 4.69) is 16.4 Å². The summed E-state index contributed by atoms with van der Waals surface area (Å²) >= 11 is 0. The molecule has 1 aromatic heterocycles. The summed E-state index contributed by atoms with van der Waals surface area (Å²) in [6.07, 6.45) is 7.56. The van der Waals surface area contributed by atoms with Crippen molar-refractivity contribution in [1.29, 1.82) is 0 Å². The highest BCUT2D eigenvalue weighted by atomic mass is 32.2. The summed E-state index contributed by atoms with van der Waals surface area (Å²) in [6, 6.07) is 5.69. The number of hydrogen-bond acceptors (Lipinski definition) is 5. The summed E-state index contributed by atoms with van der Waals surface area (Å²) in [5, 5.41) is 3.28. The predicted molar refractivity (Wildman–Crippen MR) is 118 cm³/mol. The molecule has 1 amide bonds. The third-order valence-electron chi connectivity index (χ3n) is 5.78. The molecule has 2 aromatic rings. The summed E-state index contributed by atoms with van der Waals surface area (Å²) in [7, 11) is -3.72. The Morgan fingerprint density at radius 3 is 2.71 bits per heavy atom. The van der Waals surface area contributed by atoms with E-state index in [1.54, 1.807) is 0 Å². The second-order valence-corrected chi connectivity index (χ2v) is 9.82. The van der Waals surface area contributed by atoms with Crippen molar-refractivity contribution in [2.45, 2.75) is 37.0 Å². The lowest BCUT2D eigenvalue weighted by Gasteiger charge is -2.26. The fourth-order valence-electron chi connectivity index (χ4n) is 4.08. The quantitative estimate of drug-likeness (QED) is 0.663. The predicted octanol–water partition coefficient (Wildman–Crippen LogP) is 2.17. The molecular formula is C22H27N3O5S. The smallest absolute Gasteiger partial charge is 0.252 e. The van der Waals surface area contributed by atoms with E-state index in [9.17, 15) is 18.0 Å². The first-order valence-electron chi connectivity index (χ1n) is 10.7. The van der Waals surface area contributed by atoms with Crippen LogP contribution in [-0.2, 0) is 14.8 Å². The normalized spacial score (nSPS) is 18.0. The van der Waals surface area contributed by atoms with Crippen LogP contribution in [-0.4, -0.2) is 56.5 Å². The van der Waals surface area contributed by atoms with Crippen molar-refractivity contribution in [3.63, 3.8) is 0 Å². The number of rotatable bonds is 6. The molecule has 0 bridgehead atoms. The van der Waals surface area contributed by atoms with Gasteiger partial charge in [0.25, 0.3) is 5.91 Å². The molecule has 2 aliphatic rings. The van der Waals surface area contributed by atoms with Crippen LogP contribution in [0, 0.1) is 0 Å². The van der Waals surface area contributed by atoms with Crippen LogP contribution in [0.2, 0.25) is 0 Å². The molecule has 1 aliphatic carbocycles. The van der Waals surface area contributed by atoms with Crippen LogP contribution in [0.25, 0.3) is 10.9 Å². The molecule has 8 nitrogen and oxygen atoms in total. The second-order valence-electron chi connectivity index (χ2n) is 7.89. The number of carbonyl (C=O) groups is 1. The summed E-state index contributed by atoms with van der Waals surface area (Å²) in [4.78, 5) is 27.7. The number of pyridine rings is 1. The van der Waals surface area contributed by atoms with Gasteiger partial charge in [-0.05, 0) is 50.3 Å². The molecular weight excluding hydrogens is 418 g/mol. The van der Waals surface area contributed by atoms with Crippen LogP contribution in [0.5, 0.6) is 0 Å². The van der Waals surface area contributed by atoms with Gasteiger partial charge in [0, 0.05) is 36.6 Å². The van der Waals surface area contributed by atoms with Crippen LogP contribution in [0.3, 0.4) is 0 Å². The molecule has 166 valence electrons. The van der Waals surface area contributed by atoms with E-state index >= 15 is 0 Å². The number of allylic oxidation sites excluding steroid dienone is 1. The van der Waals surface area contributed by atoms with Crippen molar-refractivity contribution in [3.05, 3.63) is 51.8 Å². The molecule has 9 heteroatoms. The van der Waals surface area contributed by atoms with Crippen molar-refractivity contribution in [1.82, 2.24) is 14.6 Å². The number of benzene rings is 1. The van der Waals surface area contributed by atoms with Gasteiger partial charge in [0.2, 0.25) is 15.6 Å². The summed E-state index contributed by atoms with van der Waals surface area (Å²) < 4.78 is 32.7. The van der Waals surface area contributed by atoms with E-state index < -0.39 is 15.6 Å². The number of ether oxygens (including phenoxy) is 1. The maximum atomic E-state index is 13.0. The monoisotopic (exact) mass is 445 g/mol. The minimum absolute atomic E-state index is 0.0929. The highest BCUT2D eigenvalue weighted by Crippen LogP contribution is 2.24. The van der Waals surface area contributed by atoms with Gasteiger partial charge in [-0.2, -0.15) is 4.31 Å². The lowest BCUT2D eigenvalue weighted by Crippen LogP contribution is -2.40. The number of nitrogens with zero attached hydrogens (tertiary/aromatic N) is 1. The standard InChI is InChI=1S/C22H27N3O5S/c26-21-15-19(22(27)23-9-8-16-4-2-1-3-5-16)18-14-17(6-7-20(18)24-21)31(28,29)25-10-12-30-13-11-25/h4,6-7,14-15H,1-3,5,8-13H2,(H,23,27)(H,24,26). The van der Waals surface area contributed by atoms with E-state index in [1.807, 2.05) is 0 Å². The van der Waals surface area contributed by atoms with Crippen LogP contribution in [0.15, 0.2) is 45.6 Å². The Labute approximate surface area is 181 Å². The minimum atomic E-state index is -3.72. The van der Waals surface area contributed by atoms with E-state index in [0.717, 1.165) is 19.3 Å². The van der Waals surface area contributed by atoms with Gasteiger partial charge < -0.3 is 15.0 Å². The van der Waals surface area contributed by atoms with Gasteiger partial charge in [-0.3, -0.25) is 9.59 Å². The Morgan fingerprint density at radius 2 is 1.97 bits per heavy atom. The van der Waals surface area contributed by atoms with E-state index in [-0.39, 0.29) is 29.5 Å².